The van der Waals surface area contributed by atoms with Crippen molar-refractivity contribution in [1.29, 1.82) is 0 Å². The molecule has 0 amide bonds. The minimum atomic E-state index is -1.15. The predicted molar refractivity (Wildman–Crippen MR) is 268 cm³/mol. The molecule has 0 heterocycles. The van der Waals surface area contributed by atoms with E-state index in [0.29, 0.717) is 0 Å². The van der Waals surface area contributed by atoms with Gasteiger partial charge >= 0.3 is 0 Å². The van der Waals surface area contributed by atoms with Crippen LogP contribution in [0.15, 0.2) is 0 Å². The van der Waals surface area contributed by atoms with Crippen LogP contribution in [0.5, 0.6) is 0 Å². The molecule has 0 rings (SSSR count). The van der Waals surface area contributed by atoms with Gasteiger partial charge in [-0.3, -0.25) is 0 Å². The summed E-state index contributed by atoms with van der Waals surface area (Å²) in [6, 6.07) is -1.15. The molecule has 0 saturated carbocycles. The molecule has 0 aromatic rings. The van der Waals surface area contributed by atoms with E-state index in [0.717, 1.165) is 0 Å². The summed E-state index contributed by atoms with van der Waals surface area (Å²) in [7, 11) is 0. The lowest BCUT2D eigenvalue weighted by atomic mass is 10.0. The molecule has 0 aromatic carbocycles. The first-order valence-corrected chi connectivity index (χ1v) is 30.6. The van der Waals surface area contributed by atoms with E-state index in [1.807, 2.05) is 0 Å². The van der Waals surface area contributed by atoms with Crippen LogP contribution in [-0.4, -0.2) is 18.5 Å². The van der Waals surface area contributed by atoms with E-state index in [1.165, 1.54) is 327 Å². The second-order valence-electron chi connectivity index (χ2n) is 19.1. The Bertz CT molecular complexity index is 637. The largest absolute Gasteiger partial charge is 0.0975 e. The SMILES string of the molecule is CCCCCCCCCCCCCCCCCCP(=S)(CCCCCCCCCCCCCCCCCC)CCCCCCCCCCCCCCCCCC. The molecule has 338 valence electrons. The second kappa shape index (κ2) is 50.0. The summed E-state index contributed by atoms with van der Waals surface area (Å²) in [4.78, 5) is 0. The predicted octanol–water partition coefficient (Wildman–Crippen LogP) is 21.3. The van der Waals surface area contributed by atoms with Gasteiger partial charge in [-0.25, -0.2) is 0 Å². The highest BCUT2D eigenvalue weighted by atomic mass is 32.4. The van der Waals surface area contributed by atoms with Gasteiger partial charge in [0.05, 0.1) is 0 Å². The van der Waals surface area contributed by atoms with Gasteiger partial charge in [0.1, 0.15) is 0 Å². The molecule has 2 heteroatoms. The second-order valence-corrected chi connectivity index (χ2v) is 24.9. The average Bonchev–Trinajstić information content (AvgIpc) is 3.20. The van der Waals surface area contributed by atoms with Gasteiger partial charge < -0.3 is 0 Å². The van der Waals surface area contributed by atoms with Gasteiger partial charge in [-0.05, 0) is 43.8 Å². The highest BCUT2D eigenvalue weighted by Crippen LogP contribution is 2.49. The summed E-state index contributed by atoms with van der Waals surface area (Å²) in [6.07, 6.45) is 74.5. The molecule has 0 aromatic heterocycles. The van der Waals surface area contributed by atoms with Gasteiger partial charge in [0.25, 0.3) is 0 Å². The molecular weight excluding hydrogens is 712 g/mol. The summed E-state index contributed by atoms with van der Waals surface area (Å²) >= 11 is 6.63. The van der Waals surface area contributed by atoms with Crippen LogP contribution in [0.1, 0.15) is 329 Å². The van der Waals surface area contributed by atoms with Gasteiger partial charge in [0, 0.05) is 0 Å². The van der Waals surface area contributed by atoms with Crippen LogP contribution in [0.4, 0.5) is 0 Å². The molecule has 0 radical (unpaired) electrons. The minimum Gasteiger partial charge on any atom is -0.0975 e. The first kappa shape index (κ1) is 56.6. The number of unbranched alkanes of at least 4 members (excludes halogenated alkanes) is 45. The standard InChI is InChI=1S/C54H111PS/c1-4-7-10-13-16-19-22-25-28-31-34-37-40-43-46-49-52-55(56,53-50-47-44-41-38-35-32-29-26-23-20-17-14-11-8-5-2)54-51-48-45-42-39-36-33-30-27-24-21-18-15-12-9-6-3/h4-54H2,1-3H3. The number of hydrogen-bond donors (Lipinski definition) is 0. The van der Waals surface area contributed by atoms with Crippen molar-refractivity contribution in [2.24, 2.45) is 0 Å². The lowest BCUT2D eigenvalue weighted by Crippen LogP contribution is -2.01. The molecule has 56 heavy (non-hydrogen) atoms. The third-order valence-electron chi connectivity index (χ3n) is 13.3. The van der Waals surface area contributed by atoms with Crippen molar-refractivity contribution in [3.05, 3.63) is 0 Å². The molecule has 0 atom stereocenters. The van der Waals surface area contributed by atoms with Crippen LogP contribution >= 0.6 is 6.04 Å². The van der Waals surface area contributed by atoms with Crippen molar-refractivity contribution in [2.45, 2.75) is 329 Å². The highest BCUT2D eigenvalue weighted by molar-refractivity contribution is 8.14. The third-order valence-corrected chi connectivity index (χ3v) is 18.3. The van der Waals surface area contributed by atoms with E-state index in [1.54, 1.807) is 0 Å². The van der Waals surface area contributed by atoms with E-state index in [2.05, 4.69) is 20.8 Å². The van der Waals surface area contributed by atoms with Crippen LogP contribution in [-0.2, 0) is 11.8 Å². The maximum Gasteiger partial charge on any atom is -0.0235 e. The zero-order valence-corrected chi connectivity index (χ0v) is 41.6. The molecule has 0 nitrogen and oxygen atoms in total. The lowest BCUT2D eigenvalue weighted by molar-refractivity contribution is 0.530. The highest BCUT2D eigenvalue weighted by Gasteiger charge is 2.16. The average molecular weight is 824 g/mol. The topological polar surface area (TPSA) is 0 Å². The molecule has 0 aliphatic carbocycles. The Kier molecular flexibility index (Phi) is 50.6. The Hall–Kier alpha value is 0.650. The molecule has 0 saturated heterocycles. The lowest BCUT2D eigenvalue weighted by Gasteiger charge is -2.22. The normalized spacial score (nSPS) is 12.0. The summed E-state index contributed by atoms with van der Waals surface area (Å²) in [5.74, 6) is 0. The Morgan fingerprint density at radius 3 is 0.411 bits per heavy atom. The van der Waals surface area contributed by atoms with Crippen LogP contribution in [0, 0.1) is 0 Å². The van der Waals surface area contributed by atoms with Gasteiger partial charge in [-0.1, -0.05) is 322 Å². The van der Waals surface area contributed by atoms with Crippen molar-refractivity contribution >= 4 is 17.8 Å². The van der Waals surface area contributed by atoms with E-state index in [4.69, 9.17) is 11.8 Å². The summed E-state index contributed by atoms with van der Waals surface area (Å²) in [5.41, 5.74) is 0. The fourth-order valence-electron chi connectivity index (χ4n) is 9.18. The number of rotatable bonds is 51. The summed E-state index contributed by atoms with van der Waals surface area (Å²) in [5, 5.41) is 0. The molecule has 0 aliphatic rings. The quantitative estimate of drug-likeness (QED) is 0.0435. The number of hydrogen-bond acceptors (Lipinski definition) is 1. The van der Waals surface area contributed by atoms with E-state index < -0.39 is 6.04 Å². The van der Waals surface area contributed by atoms with Gasteiger partial charge in [0.2, 0.25) is 0 Å². The molecule has 0 aliphatic heterocycles. The van der Waals surface area contributed by atoms with Gasteiger partial charge in [0.15, 0.2) is 0 Å². The Balaban J connectivity index is 4.08. The zero-order chi connectivity index (χ0) is 40.6. The van der Waals surface area contributed by atoms with Crippen LogP contribution in [0.2, 0.25) is 0 Å². The summed E-state index contributed by atoms with van der Waals surface area (Å²) in [6.45, 7) is 6.96. The Morgan fingerprint density at radius 2 is 0.286 bits per heavy atom. The maximum atomic E-state index is 6.63. The van der Waals surface area contributed by atoms with Crippen molar-refractivity contribution in [1.82, 2.24) is 0 Å². The van der Waals surface area contributed by atoms with Crippen molar-refractivity contribution in [3.8, 4) is 0 Å². The van der Waals surface area contributed by atoms with E-state index in [-0.39, 0.29) is 0 Å². The molecule has 0 bridgehead atoms. The Labute approximate surface area is 363 Å². The molecule has 0 N–H and O–H groups in total. The smallest absolute Gasteiger partial charge is 0.0235 e. The first-order valence-electron chi connectivity index (χ1n) is 27.3. The van der Waals surface area contributed by atoms with Crippen molar-refractivity contribution in [2.75, 3.05) is 18.5 Å². The summed E-state index contributed by atoms with van der Waals surface area (Å²) < 4.78 is 0. The maximum absolute atomic E-state index is 6.63. The van der Waals surface area contributed by atoms with Gasteiger partial charge in [-0.2, -0.15) is 0 Å². The first-order chi connectivity index (χ1) is 27.7. The monoisotopic (exact) mass is 823 g/mol. The van der Waals surface area contributed by atoms with Gasteiger partial charge in [-0.15, -0.1) is 0 Å². The molecule has 0 fully saturated rings. The zero-order valence-electron chi connectivity index (χ0n) is 39.9. The fourth-order valence-corrected chi connectivity index (χ4v) is 13.4. The molecule has 0 spiro atoms. The molecule has 0 unspecified atom stereocenters. The van der Waals surface area contributed by atoms with Crippen LogP contribution < -0.4 is 0 Å². The third kappa shape index (κ3) is 47.3. The minimum absolute atomic E-state index is 1.15. The Morgan fingerprint density at radius 1 is 0.179 bits per heavy atom. The van der Waals surface area contributed by atoms with Crippen molar-refractivity contribution < 1.29 is 0 Å². The van der Waals surface area contributed by atoms with Crippen LogP contribution in [0.3, 0.4) is 0 Å². The fraction of sp³-hybridized carbons (Fsp3) is 1.00. The van der Waals surface area contributed by atoms with E-state index >= 15 is 0 Å². The van der Waals surface area contributed by atoms with E-state index in [9.17, 15) is 0 Å². The van der Waals surface area contributed by atoms with Crippen molar-refractivity contribution in [3.63, 3.8) is 0 Å². The van der Waals surface area contributed by atoms with Crippen LogP contribution in [0.25, 0.3) is 0 Å². The molecular formula is C54H111PS.